The van der Waals surface area contributed by atoms with Gasteiger partial charge in [0.05, 0.1) is 23.3 Å². The summed E-state index contributed by atoms with van der Waals surface area (Å²) in [6.07, 6.45) is 1.67. The normalized spacial score (nSPS) is 11.8. The number of nitrogens with one attached hydrogen (secondary N) is 1. The largest absolute Gasteiger partial charge is 0.332 e. The van der Waals surface area contributed by atoms with Gasteiger partial charge in [0.25, 0.3) is 5.56 Å². The van der Waals surface area contributed by atoms with E-state index in [0.717, 1.165) is 16.7 Å². The Hall–Kier alpha value is -4.26. The molecule has 2 amide bonds. The number of aryl methyl sites for hydroxylation is 2. The fourth-order valence-corrected chi connectivity index (χ4v) is 4.34. The van der Waals surface area contributed by atoms with E-state index >= 15 is 0 Å². The van der Waals surface area contributed by atoms with E-state index < -0.39 is 0 Å². The average molecular weight is 483 g/mol. The highest BCUT2D eigenvalue weighted by Crippen LogP contribution is 2.26. The molecule has 7 nitrogen and oxygen atoms in total. The lowest BCUT2D eigenvalue weighted by Crippen LogP contribution is -2.34. The van der Waals surface area contributed by atoms with Crippen LogP contribution in [0.2, 0.25) is 0 Å². The summed E-state index contributed by atoms with van der Waals surface area (Å²) in [5.41, 5.74) is 4.08. The molecule has 4 rings (SSSR count). The number of para-hydroxylation sites is 1. The second-order valence-electron chi connectivity index (χ2n) is 8.95. The molecule has 4 aromatic rings. The number of carbonyl (C=O) groups excluding carboxylic acids is 2. The molecule has 1 N–H and O–H groups in total. The topological polar surface area (TPSA) is 84.3 Å². The van der Waals surface area contributed by atoms with Gasteiger partial charge in [0, 0.05) is 32.1 Å². The van der Waals surface area contributed by atoms with Crippen molar-refractivity contribution in [3.8, 4) is 0 Å². The molecule has 0 radical (unpaired) electrons. The Morgan fingerprint density at radius 1 is 1.03 bits per heavy atom. The number of aromatic nitrogens is 2. The predicted octanol–water partition coefficient (Wildman–Crippen LogP) is 4.84. The van der Waals surface area contributed by atoms with E-state index in [0.29, 0.717) is 23.1 Å². The van der Waals surface area contributed by atoms with Crippen LogP contribution in [0.1, 0.15) is 43.0 Å². The second kappa shape index (κ2) is 11.0. The summed E-state index contributed by atoms with van der Waals surface area (Å²) in [6, 6.07) is 22.6. The van der Waals surface area contributed by atoms with Crippen LogP contribution in [0.3, 0.4) is 0 Å². The fourth-order valence-electron chi connectivity index (χ4n) is 4.34. The molecule has 0 saturated heterocycles. The summed E-state index contributed by atoms with van der Waals surface area (Å²) in [5, 5.41) is 3.35. The van der Waals surface area contributed by atoms with E-state index in [9.17, 15) is 14.4 Å². The number of anilines is 1. The molecule has 184 valence electrons. The molecule has 3 aromatic carbocycles. The van der Waals surface area contributed by atoms with Crippen molar-refractivity contribution in [3.05, 3.63) is 106 Å². The molecule has 0 saturated carbocycles. The lowest BCUT2D eigenvalue weighted by molar-refractivity contribution is -0.134. The highest BCUT2D eigenvalue weighted by Gasteiger charge is 2.22. The Kier molecular flexibility index (Phi) is 7.59. The van der Waals surface area contributed by atoms with Crippen molar-refractivity contribution in [2.45, 2.75) is 46.3 Å². The summed E-state index contributed by atoms with van der Waals surface area (Å²) in [4.78, 5) is 44.3. The van der Waals surface area contributed by atoms with Gasteiger partial charge in [0.15, 0.2) is 0 Å². The minimum absolute atomic E-state index is 0.0764. The van der Waals surface area contributed by atoms with Gasteiger partial charge in [-0.3, -0.25) is 19.0 Å². The highest BCUT2D eigenvalue weighted by atomic mass is 16.2. The molecule has 36 heavy (non-hydrogen) atoms. The summed E-state index contributed by atoms with van der Waals surface area (Å²) >= 11 is 0. The number of carbonyl (C=O) groups is 2. The number of rotatable bonds is 8. The third kappa shape index (κ3) is 5.68. The summed E-state index contributed by atoms with van der Waals surface area (Å²) < 4.78 is 1.50. The molecule has 0 fully saturated rings. The highest BCUT2D eigenvalue weighted by molar-refractivity contribution is 5.88. The number of amides is 2. The molecule has 0 aliphatic heterocycles. The van der Waals surface area contributed by atoms with Crippen molar-refractivity contribution in [1.82, 2.24) is 14.5 Å². The Morgan fingerprint density at radius 2 is 1.78 bits per heavy atom. The third-order valence-electron chi connectivity index (χ3n) is 6.29. The van der Waals surface area contributed by atoms with Gasteiger partial charge in [-0.2, -0.15) is 0 Å². The maximum atomic E-state index is 13.5. The van der Waals surface area contributed by atoms with Gasteiger partial charge >= 0.3 is 0 Å². The molecule has 1 unspecified atom stereocenters. The SMILES string of the molecule is CC(=O)Nc1cccc(C(C)N(Cc2ccccc2)C(=O)CCn2cnc3c(C)cccc3c2=O)c1. The Balaban J connectivity index is 1.58. The Morgan fingerprint density at radius 3 is 2.53 bits per heavy atom. The van der Waals surface area contributed by atoms with Gasteiger partial charge in [0.2, 0.25) is 11.8 Å². The molecular formula is C29H30N4O3. The van der Waals surface area contributed by atoms with Crippen molar-refractivity contribution in [2.75, 3.05) is 5.32 Å². The molecule has 1 heterocycles. The molecule has 0 spiro atoms. The minimum atomic E-state index is -0.250. The average Bonchev–Trinajstić information content (AvgIpc) is 2.87. The lowest BCUT2D eigenvalue weighted by Gasteiger charge is -2.30. The maximum Gasteiger partial charge on any atom is 0.261 e. The quantitative estimate of drug-likeness (QED) is 0.389. The van der Waals surface area contributed by atoms with Crippen LogP contribution in [0.5, 0.6) is 0 Å². The predicted molar refractivity (Wildman–Crippen MR) is 142 cm³/mol. The molecule has 1 aromatic heterocycles. The van der Waals surface area contributed by atoms with Crippen LogP contribution >= 0.6 is 0 Å². The molecule has 0 bridgehead atoms. The van der Waals surface area contributed by atoms with Crippen LogP contribution in [0.15, 0.2) is 83.9 Å². The fraction of sp³-hybridized carbons (Fsp3) is 0.241. The smallest absolute Gasteiger partial charge is 0.261 e. The van der Waals surface area contributed by atoms with Crippen molar-refractivity contribution >= 4 is 28.4 Å². The maximum absolute atomic E-state index is 13.5. The standard InChI is InChI=1S/C29H30N4O3/c1-20-9-7-14-26-28(20)30-19-32(29(26)36)16-15-27(35)33(18-23-10-5-4-6-11-23)21(2)24-12-8-13-25(17-24)31-22(3)34/h4-14,17,19,21H,15-16,18H2,1-3H3,(H,31,34). The number of fused-ring (bicyclic) bond motifs is 1. The van der Waals surface area contributed by atoms with E-state index in [1.165, 1.54) is 17.8 Å². The van der Waals surface area contributed by atoms with Gasteiger partial charge in [-0.25, -0.2) is 4.98 Å². The minimum Gasteiger partial charge on any atom is -0.332 e. The summed E-state index contributed by atoms with van der Waals surface area (Å²) in [5.74, 6) is -0.228. The zero-order valence-electron chi connectivity index (χ0n) is 20.8. The van der Waals surface area contributed by atoms with Crippen LogP contribution in [0, 0.1) is 6.92 Å². The monoisotopic (exact) mass is 482 g/mol. The van der Waals surface area contributed by atoms with Gasteiger partial charge < -0.3 is 10.2 Å². The van der Waals surface area contributed by atoms with Crippen LogP contribution in [0.4, 0.5) is 5.69 Å². The molecule has 0 aliphatic rings. The zero-order chi connectivity index (χ0) is 25.7. The Labute approximate surface area is 210 Å². The van der Waals surface area contributed by atoms with Crippen molar-refractivity contribution in [1.29, 1.82) is 0 Å². The van der Waals surface area contributed by atoms with Crippen molar-refractivity contribution < 1.29 is 9.59 Å². The number of benzene rings is 3. The van der Waals surface area contributed by atoms with Crippen molar-refractivity contribution in [3.63, 3.8) is 0 Å². The zero-order valence-corrected chi connectivity index (χ0v) is 20.8. The first-order valence-corrected chi connectivity index (χ1v) is 12.0. The number of nitrogens with zero attached hydrogens (tertiary/aromatic N) is 3. The van der Waals surface area contributed by atoms with Crippen LogP contribution in [-0.2, 0) is 22.7 Å². The third-order valence-corrected chi connectivity index (χ3v) is 6.29. The summed E-state index contributed by atoms with van der Waals surface area (Å²) in [7, 11) is 0. The van der Waals surface area contributed by atoms with E-state index in [1.807, 2.05) is 85.5 Å². The van der Waals surface area contributed by atoms with Gasteiger partial charge in [0.1, 0.15) is 0 Å². The van der Waals surface area contributed by atoms with E-state index in [-0.39, 0.29) is 36.4 Å². The first kappa shape index (κ1) is 24.9. The molecule has 7 heteroatoms. The second-order valence-corrected chi connectivity index (χ2v) is 8.95. The lowest BCUT2D eigenvalue weighted by atomic mass is 10.0. The van der Waals surface area contributed by atoms with Gasteiger partial charge in [-0.15, -0.1) is 0 Å². The number of hydrogen-bond donors (Lipinski definition) is 1. The van der Waals surface area contributed by atoms with Crippen LogP contribution < -0.4 is 10.9 Å². The first-order chi connectivity index (χ1) is 17.3. The van der Waals surface area contributed by atoms with Crippen molar-refractivity contribution in [2.24, 2.45) is 0 Å². The number of hydrogen-bond acceptors (Lipinski definition) is 4. The van der Waals surface area contributed by atoms with E-state index in [2.05, 4.69) is 10.3 Å². The molecule has 1 atom stereocenters. The van der Waals surface area contributed by atoms with Crippen LogP contribution in [0.25, 0.3) is 10.9 Å². The molecule has 0 aliphatic carbocycles. The summed E-state index contributed by atoms with van der Waals surface area (Å²) in [6.45, 7) is 6.02. The molecular weight excluding hydrogens is 452 g/mol. The van der Waals surface area contributed by atoms with Gasteiger partial charge in [-0.05, 0) is 48.7 Å². The van der Waals surface area contributed by atoms with Crippen LogP contribution in [-0.4, -0.2) is 26.3 Å². The van der Waals surface area contributed by atoms with E-state index in [4.69, 9.17) is 0 Å². The van der Waals surface area contributed by atoms with Gasteiger partial charge in [-0.1, -0.05) is 54.6 Å². The Bertz CT molecular complexity index is 1450. The van der Waals surface area contributed by atoms with E-state index in [1.54, 1.807) is 6.07 Å². The first-order valence-electron chi connectivity index (χ1n) is 12.0.